The van der Waals surface area contributed by atoms with E-state index in [2.05, 4.69) is 10.3 Å². The number of esters is 1. The second kappa shape index (κ2) is 8.72. The molecule has 152 valence electrons. The van der Waals surface area contributed by atoms with Gasteiger partial charge >= 0.3 is 5.97 Å². The van der Waals surface area contributed by atoms with Gasteiger partial charge in [-0.3, -0.25) is 14.2 Å². The van der Waals surface area contributed by atoms with E-state index < -0.39 is 17.9 Å². The first-order chi connectivity index (χ1) is 13.9. The van der Waals surface area contributed by atoms with Crippen LogP contribution in [-0.4, -0.2) is 34.6 Å². The SMILES string of the molecule is COC(=O)[C@@H](CC(C)C)NC(=O)c1ccc(Cn2cnc3ccccc3c2=O)o1. The number of amides is 1. The van der Waals surface area contributed by atoms with Gasteiger partial charge in [0.15, 0.2) is 5.76 Å². The van der Waals surface area contributed by atoms with E-state index in [0.29, 0.717) is 23.1 Å². The zero-order valence-corrected chi connectivity index (χ0v) is 16.5. The van der Waals surface area contributed by atoms with Crippen molar-refractivity contribution in [3.63, 3.8) is 0 Å². The van der Waals surface area contributed by atoms with Crippen molar-refractivity contribution in [2.24, 2.45) is 5.92 Å². The van der Waals surface area contributed by atoms with E-state index >= 15 is 0 Å². The van der Waals surface area contributed by atoms with E-state index in [1.165, 1.54) is 24.1 Å². The topological polar surface area (TPSA) is 103 Å². The van der Waals surface area contributed by atoms with Crippen molar-refractivity contribution < 1.29 is 18.7 Å². The van der Waals surface area contributed by atoms with Gasteiger partial charge in [-0.1, -0.05) is 26.0 Å². The Labute approximate surface area is 167 Å². The molecule has 0 aliphatic rings. The number of para-hydroxylation sites is 1. The zero-order chi connectivity index (χ0) is 21.0. The molecule has 1 aromatic carbocycles. The fourth-order valence-electron chi connectivity index (χ4n) is 3.03. The molecule has 2 heterocycles. The van der Waals surface area contributed by atoms with Crippen LogP contribution in [0.4, 0.5) is 0 Å². The number of hydrogen-bond donors (Lipinski definition) is 1. The smallest absolute Gasteiger partial charge is 0.328 e. The van der Waals surface area contributed by atoms with E-state index in [4.69, 9.17) is 9.15 Å². The lowest BCUT2D eigenvalue weighted by molar-refractivity contribution is -0.143. The summed E-state index contributed by atoms with van der Waals surface area (Å²) in [6.07, 6.45) is 1.90. The monoisotopic (exact) mass is 397 g/mol. The van der Waals surface area contributed by atoms with Gasteiger partial charge in [0.2, 0.25) is 0 Å². The van der Waals surface area contributed by atoms with Gasteiger partial charge in [0, 0.05) is 0 Å². The van der Waals surface area contributed by atoms with Crippen molar-refractivity contribution in [1.29, 1.82) is 0 Å². The number of furan rings is 1. The standard InChI is InChI=1S/C21H23N3O5/c1-13(2)10-17(21(27)28-3)23-19(25)18-9-8-14(29-18)11-24-12-22-16-7-5-4-6-15(16)20(24)26/h4-9,12-13,17H,10-11H2,1-3H3,(H,23,25)/t17-/m1/s1. The molecule has 0 radical (unpaired) electrons. The molecule has 0 saturated heterocycles. The molecule has 2 aromatic heterocycles. The summed E-state index contributed by atoms with van der Waals surface area (Å²) in [4.78, 5) is 41.2. The number of hydrogen-bond acceptors (Lipinski definition) is 6. The number of aromatic nitrogens is 2. The van der Waals surface area contributed by atoms with E-state index in [9.17, 15) is 14.4 Å². The predicted octanol–water partition coefficient (Wildman–Crippen LogP) is 2.36. The second-order valence-corrected chi connectivity index (χ2v) is 7.14. The first-order valence-corrected chi connectivity index (χ1v) is 9.30. The fraction of sp³-hybridized carbons (Fsp3) is 0.333. The highest BCUT2D eigenvalue weighted by atomic mass is 16.5. The van der Waals surface area contributed by atoms with Crippen molar-refractivity contribution in [1.82, 2.24) is 14.9 Å². The van der Waals surface area contributed by atoms with Crippen molar-refractivity contribution in [3.05, 3.63) is 64.6 Å². The first kappa shape index (κ1) is 20.3. The Kier molecular flexibility index (Phi) is 6.11. The molecular formula is C21H23N3O5. The van der Waals surface area contributed by atoms with Crippen LogP contribution in [0.5, 0.6) is 0 Å². The van der Waals surface area contributed by atoms with Crippen molar-refractivity contribution in [2.45, 2.75) is 32.9 Å². The third-order valence-corrected chi connectivity index (χ3v) is 4.44. The maximum Gasteiger partial charge on any atom is 0.328 e. The number of carbonyl (C=O) groups excluding carboxylic acids is 2. The molecule has 0 unspecified atom stereocenters. The molecule has 0 aliphatic carbocycles. The van der Waals surface area contributed by atoms with Crippen molar-refractivity contribution in [2.75, 3.05) is 7.11 Å². The molecule has 1 amide bonds. The van der Waals surface area contributed by atoms with Crippen LogP contribution in [-0.2, 0) is 16.1 Å². The molecule has 1 N–H and O–H groups in total. The largest absolute Gasteiger partial charge is 0.467 e. The van der Waals surface area contributed by atoms with Gasteiger partial charge in [0.05, 0.1) is 30.9 Å². The third-order valence-electron chi connectivity index (χ3n) is 4.44. The number of nitrogens with one attached hydrogen (secondary N) is 1. The van der Waals surface area contributed by atoms with E-state index in [1.54, 1.807) is 24.3 Å². The molecule has 0 bridgehead atoms. The Balaban J connectivity index is 1.75. The van der Waals surface area contributed by atoms with E-state index in [1.807, 2.05) is 19.9 Å². The van der Waals surface area contributed by atoms with Crippen molar-refractivity contribution in [3.8, 4) is 0 Å². The Morgan fingerprint density at radius 2 is 1.97 bits per heavy atom. The highest BCUT2D eigenvalue weighted by Gasteiger charge is 2.24. The molecule has 1 atom stereocenters. The van der Waals surface area contributed by atoms with Gasteiger partial charge in [-0.25, -0.2) is 9.78 Å². The molecule has 3 rings (SSSR count). The molecule has 0 saturated carbocycles. The van der Waals surface area contributed by atoms with Gasteiger partial charge in [0.1, 0.15) is 11.8 Å². The predicted molar refractivity (Wildman–Crippen MR) is 107 cm³/mol. The minimum atomic E-state index is -0.756. The van der Waals surface area contributed by atoms with Gasteiger partial charge in [-0.15, -0.1) is 0 Å². The summed E-state index contributed by atoms with van der Waals surface area (Å²) in [5.41, 5.74) is 0.424. The quantitative estimate of drug-likeness (QED) is 0.614. The average Bonchev–Trinajstić information content (AvgIpc) is 3.17. The average molecular weight is 397 g/mol. The van der Waals surface area contributed by atoms with Crippen LogP contribution >= 0.6 is 0 Å². The summed E-state index contributed by atoms with van der Waals surface area (Å²) in [6.45, 7) is 4.03. The van der Waals surface area contributed by atoms with Crippen LogP contribution < -0.4 is 10.9 Å². The van der Waals surface area contributed by atoms with Crippen LogP contribution in [0.15, 0.2) is 51.9 Å². The molecule has 0 aliphatic heterocycles. The Morgan fingerprint density at radius 3 is 2.69 bits per heavy atom. The van der Waals surface area contributed by atoms with Crippen LogP contribution in [0, 0.1) is 5.92 Å². The summed E-state index contributed by atoms with van der Waals surface area (Å²) >= 11 is 0. The lowest BCUT2D eigenvalue weighted by Crippen LogP contribution is -2.42. The lowest BCUT2D eigenvalue weighted by atomic mass is 10.0. The van der Waals surface area contributed by atoms with Crippen LogP contribution in [0.1, 0.15) is 36.6 Å². The number of rotatable bonds is 7. The fourth-order valence-corrected chi connectivity index (χ4v) is 3.03. The number of nitrogens with zero attached hydrogens (tertiary/aromatic N) is 2. The number of benzene rings is 1. The molecule has 29 heavy (non-hydrogen) atoms. The minimum Gasteiger partial charge on any atom is -0.467 e. The highest BCUT2D eigenvalue weighted by molar-refractivity contribution is 5.94. The van der Waals surface area contributed by atoms with Crippen LogP contribution in [0.2, 0.25) is 0 Å². The lowest BCUT2D eigenvalue weighted by Gasteiger charge is -2.17. The van der Waals surface area contributed by atoms with E-state index in [0.717, 1.165) is 0 Å². The normalized spacial score (nSPS) is 12.1. The molecule has 3 aromatic rings. The summed E-state index contributed by atoms with van der Waals surface area (Å²) in [5.74, 6) is -0.352. The maximum absolute atomic E-state index is 12.6. The maximum atomic E-state index is 12.6. The minimum absolute atomic E-state index is 0.0551. The summed E-state index contributed by atoms with van der Waals surface area (Å²) in [5, 5.41) is 3.15. The van der Waals surface area contributed by atoms with Gasteiger partial charge in [0.25, 0.3) is 11.5 Å². The summed E-state index contributed by atoms with van der Waals surface area (Å²) < 4.78 is 11.8. The molecule has 8 heteroatoms. The highest BCUT2D eigenvalue weighted by Crippen LogP contribution is 2.12. The second-order valence-electron chi connectivity index (χ2n) is 7.14. The number of carbonyl (C=O) groups is 2. The molecule has 0 fully saturated rings. The van der Waals surface area contributed by atoms with Gasteiger partial charge < -0.3 is 14.5 Å². The van der Waals surface area contributed by atoms with E-state index in [-0.39, 0.29) is 23.8 Å². The Hall–Kier alpha value is -3.42. The van der Waals surface area contributed by atoms with Crippen LogP contribution in [0.25, 0.3) is 10.9 Å². The number of fused-ring (bicyclic) bond motifs is 1. The Morgan fingerprint density at radius 1 is 1.21 bits per heavy atom. The van der Waals surface area contributed by atoms with Gasteiger partial charge in [-0.05, 0) is 36.6 Å². The molecule has 0 spiro atoms. The summed E-state index contributed by atoms with van der Waals surface area (Å²) in [7, 11) is 1.28. The van der Waals surface area contributed by atoms with Gasteiger partial charge in [-0.2, -0.15) is 0 Å². The molecule has 8 nitrogen and oxygen atoms in total. The number of methoxy groups -OCH3 is 1. The zero-order valence-electron chi connectivity index (χ0n) is 16.5. The third kappa shape index (κ3) is 4.71. The Bertz CT molecular complexity index is 1080. The van der Waals surface area contributed by atoms with Crippen molar-refractivity contribution >= 4 is 22.8 Å². The molecular weight excluding hydrogens is 374 g/mol. The first-order valence-electron chi connectivity index (χ1n) is 9.30. The number of ether oxygens (including phenoxy) is 1. The summed E-state index contributed by atoms with van der Waals surface area (Å²) in [6, 6.07) is 9.44. The van der Waals surface area contributed by atoms with Crippen LogP contribution in [0.3, 0.4) is 0 Å².